The normalized spacial score (nSPS) is 17.4. The molecule has 4 rings (SSSR count). The number of methoxy groups -OCH3 is 1. The summed E-state index contributed by atoms with van der Waals surface area (Å²) in [4.78, 5) is 2.26. The standard InChI is InChI=1S/C23H23F3N2O2/c1-30-21-14-16(5-10-20(21)29)15-28-13-3-12-27-11-2-4-19(27)22(28)17-6-8-18(9-7-17)23(24,25)26/h2,4-11,14,22,29H,3,12-13,15H2,1H3/t22-/m0/s1. The average molecular weight is 416 g/mol. The van der Waals surface area contributed by atoms with Crippen LogP contribution in [0, 0.1) is 0 Å². The molecule has 0 aliphatic carbocycles. The van der Waals surface area contributed by atoms with Crippen LogP contribution < -0.4 is 4.74 Å². The highest BCUT2D eigenvalue weighted by Gasteiger charge is 2.32. The summed E-state index contributed by atoms with van der Waals surface area (Å²) in [5.41, 5.74) is 2.18. The number of phenols is 1. The number of rotatable bonds is 4. The van der Waals surface area contributed by atoms with Gasteiger partial charge in [0.15, 0.2) is 11.5 Å². The number of ether oxygens (including phenoxy) is 1. The molecule has 0 radical (unpaired) electrons. The Morgan fingerprint density at radius 2 is 1.83 bits per heavy atom. The van der Waals surface area contributed by atoms with Gasteiger partial charge in [-0.3, -0.25) is 4.90 Å². The summed E-state index contributed by atoms with van der Waals surface area (Å²) < 4.78 is 46.5. The van der Waals surface area contributed by atoms with Crippen LogP contribution in [0.4, 0.5) is 13.2 Å². The molecule has 0 saturated heterocycles. The highest BCUT2D eigenvalue weighted by molar-refractivity contribution is 5.42. The summed E-state index contributed by atoms with van der Waals surface area (Å²) in [5, 5.41) is 9.88. The molecule has 1 aliphatic rings. The fourth-order valence-electron chi connectivity index (χ4n) is 4.10. The molecule has 7 heteroatoms. The van der Waals surface area contributed by atoms with Crippen molar-refractivity contribution in [2.24, 2.45) is 0 Å². The van der Waals surface area contributed by atoms with Crippen molar-refractivity contribution in [1.29, 1.82) is 0 Å². The van der Waals surface area contributed by atoms with Crippen molar-refractivity contribution in [3.63, 3.8) is 0 Å². The predicted molar refractivity (Wildman–Crippen MR) is 107 cm³/mol. The number of benzene rings is 2. The number of hydrogen-bond donors (Lipinski definition) is 1. The minimum atomic E-state index is -4.36. The molecule has 0 spiro atoms. The molecule has 0 bridgehead atoms. The zero-order chi connectivity index (χ0) is 21.3. The summed E-state index contributed by atoms with van der Waals surface area (Å²) in [6.45, 7) is 2.22. The Hall–Kier alpha value is -2.93. The van der Waals surface area contributed by atoms with E-state index in [2.05, 4.69) is 9.47 Å². The Morgan fingerprint density at radius 3 is 2.53 bits per heavy atom. The Balaban J connectivity index is 1.71. The first-order chi connectivity index (χ1) is 14.4. The third-order valence-electron chi connectivity index (χ3n) is 5.54. The molecule has 0 saturated carbocycles. The smallest absolute Gasteiger partial charge is 0.416 e. The maximum atomic E-state index is 13.0. The largest absolute Gasteiger partial charge is 0.504 e. The van der Waals surface area contributed by atoms with Crippen LogP contribution in [0.3, 0.4) is 0 Å². The number of hydrogen-bond acceptors (Lipinski definition) is 3. The van der Waals surface area contributed by atoms with Crippen molar-refractivity contribution in [1.82, 2.24) is 9.47 Å². The van der Waals surface area contributed by atoms with E-state index in [9.17, 15) is 18.3 Å². The fraction of sp³-hybridized carbons (Fsp3) is 0.304. The number of halogens is 3. The third-order valence-corrected chi connectivity index (χ3v) is 5.54. The lowest BCUT2D eigenvalue weighted by molar-refractivity contribution is -0.137. The maximum Gasteiger partial charge on any atom is 0.416 e. The van der Waals surface area contributed by atoms with Gasteiger partial charge in [0.25, 0.3) is 0 Å². The molecule has 0 fully saturated rings. The number of aromatic nitrogens is 1. The summed E-state index contributed by atoms with van der Waals surface area (Å²) in [7, 11) is 1.50. The van der Waals surface area contributed by atoms with Crippen molar-refractivity contribution in [2.45, 2.75) is 31.7 Å². The van der Waals surface area contributed by atoms with Gasteiger partial charge in [0.1, 0.15) is 0 Å². The highest BCUT2D eigenvalue weighted by Crippen LogP contribution is 2.36. The number of alkyl halides is 3. The molecule has 3 aromatic rings. The van der Waals surface area contributed by atoms with Crippen molar-refractivity contribution in [3.8, 4) is 11.5 Å². The van der Waals surface area contributed by atoms with Gasteiger partial charge in [0, 0.05) is 31.5 Å². The second-order valence-electron chi connectivity index (χ2n) is 7.48. The van der Waals surface area contributed by atoms with E-state index in [-0.39, 0.29) is 11.8 Å². The number of aryl methyl sites for hydroxylation is 1. The highest BCUT2D eigenvalue weighted by atomic mass is 19.4. The molecule has 1 aromatic heterocycles. The second-order valence-corrected chi connectivity index (χ2v) is 7.48. The first-order valence-electron chi connectivity index (χ1n) is 9.79. The Bertz CT molecular complexity index is 1010. The van der Waals surface area contributed by atoms with Crippen LogP contribution in [0.1, 0.15) is 34.8 Å². The lowest BCUT2D eigenvalue weighted by atomic mass is 9.99. The predicted octanol–water partition coefficient (Wildman–Crippen LogP) is 5.22. The van der Waals surface area contributed by atoms with Gasteiger partial charge in [-0.05, 0) is 53.9 Å². The van der Waals surface area contributed by atoms with E-state index in [4.69, 9.17) is 4.74 Å². The molecule has 0 unspecified atom stereocenters. The van der Waals surface area contributed by atoms with Crippen molar-refractivity contribution >= 4 is 0 Å². The van der Waals surface area contributed by atoms with Gasteiger partial charge in [-0.25, -0.2) is 0 Å². The fourth-order valence-corrected chi connectivity index (χ4v) is 4.10. The van der Waals surface area contributed by atoms with Crippen LogP contribution in [-0.2, 0) is 19.3 Å². The van der Waals surface area contributed by atoms with Crippen molar-refractivity contribution in [3.05, 3.63) is 83.2 Å². The summed E-state index contributed by atoms with van der Waals surface area (Å²) in [6.07, 6.45) is -1.42. The number of phenolic OH excluding ortho intramolecular Hbond substituents is 1. The monoisotopic (exact) mass is 416 g/mol. The average Bonchev–Trinajstić information content (AvgIpc) is 3.10. The molecule has 2 aromatic carbocycles. The van der Waals surface area contributed by atoms with Gasteiger partial charge in [0.2, 0.25) is 0 Å². The zero-order valence-electron chi connectivity index (χ0n) is 16.6. The van der Waals surface area contributed by atoms with E-state index < -0.39 is 11.7 Å². The molecule has 30 heavy (non-hydrogen) atoms. The van der Waals surface area contributed by atoms with Crippen LogP contribution >= 0.6 is 0 Å². The minimum absolute atomic E-state index is 0.0743. The Labute approximate surface area is 173 Å². The number of nitrogens with zero attached hydrogens (tertiary/aromatic N) is 2. The van der Waals surface area contributed by atoms with Gasteiger partial charge < -0.3 is 14.4 Å². The zero-order valence-corrected chi connectivity index (χ0v) is 16.6. The lowest BCUT2D eigenvalue weighted by Crippen LogP contribution is -2.29. The number of aromatic hydroxyl groups is 1. The molecule has 2 heterocycles. The van der Waals surface area contributed by atoms with Crippen LogP contribution in [0.5, 0.6) is 11.5 Å². The molecule has 0 amide bonds. The van der Waals surface area contributed by atoms with E-state index in [1.807, 2.05) is 24.4 Å². The van der Waals surface area contributed by atoms with Crippen LogP contribution in [0.2, 0.25) is 0 Å². The van der Waals surface area contributed by atoms with E-state index in [0.717, 1.165) is 48.5 Å². The van der Waals surface area contributed by atoms with Crippen molar-refractivity contribution < 1.29 is 23.0 Å². The first-order valence-corrected chi connectivity index (χ1v) is 9.79. The van der Waals surface area contributed by atoms with Gasteiger partial charge >= 0.3 is 6.18 Å². The minimum Gasteiger partial charge on any atom is -0.504 e. The van der Waals surface area contributed by atoms with Gasteiger partial charge in [-0.2, -0.15) is 13.2 Å². The molecule has 1 N–H and O–H groups in total. The third kappa shape index (κ3) is 4.03. The SMILES string of the molecule is COc1cc(CN2CCCn3cccc3[C@@H]2c2ccc(C(F)(F)F)cc2)ccc1O. The molecule has 4 nitrogen and oxygen atoms in total. The summed E-state index contributed by atoms with van der Waals surface area (Å²) in [6, 6.07) is 14.5. The van der Waals surface area contributed by atoms with Gasteiger partial charge in [-0.15, -0.1) is 0 Å². The lowest BCUT2D eigenvalue weighted by Gasteiger charge is -2.31. The topological polar surface area (TPSA) is 37.6 Å². The molecular formula is C23H23F3N2O2. The van der Waals surface area contributed by atoms with Crippen molar-refractivity contribution in [2.75, 3.05) is 13.7 Å². The first kappa shape index (κ1) is 20.3. The maximum absolute atomic E-state index is 13.0. The molecular weight excluding hydrogens is 393 g/mol. The van der Waals surface area contributed by atoms with Crippen LogP contribution in [0.25, 0.3) is 0 Å². The van der Waals surface area contributed by atoms with Crippen LogP contribution in [0.15, 0.2) is 60.8 Å². The van der Waals surface area contributed by atoms with Gasteiger partial charge in [0.05, 0.1) is 18.7 Å². The van der Waals surface area contributed by atoms with E-state index >= 15 is 0 Å². The Morgan fingerprint density at radius 1 is 1.07 bits per heavy atom. The number of fused-ring (bicyclic) bond motifs is 1. The van der Waals surface area contributed by atoms with E-state index in [0.29, 0.717) is 12.3 Å². The molecule has 158 valence electrons. The molecule has 1 atom stereocenters. The Kier molecular flexibility index (Phi) is 5.47. The van der Waals surface area contributed by atoms with E-state index in [1.165, 1.54) is 7.11 Å². The van der Waals surface area contributed by atoms with Crippen LogP contribution in [-0.4, -0.2) is 28.2 Å². The summed E-state index contributed by atoms with van der Waals surface area (Å²) in [5.74, 6) is 0.474. The molecule has 1 aliphatic heterocycles. The van der Waals surface area contributed by atoms with Gasteiger partial charge in [-0.1, -0.05) is 18.2 Å². The quantitative estimate of drug-likeness (QED) is 0.634. The summed E-state index contributed by atoms with van der Waals surface area (Å²) >= 11 is 0. The second kappa shape index (κ2) is 8.07. The van der Waals surface area contributed by atoms with E-state index in [1.54, 1.807) is 24.3 Å².